The Balaban J connectivity index is 2.12. The standard InChI is InChI=1S/C11H15Br2NS/c12-9-6-8(11(13)15-9)10(14)7-4-2-1-3-5-7/h6-7,10H,1-5,14H2. The van der Waals surface area contributed by atoms with Gasteiger partial charge in [-0.05, 0) is 62.2 Å². The van der Waals surface area contributed by atoms with E-state index in [4.69, 9.17) is 5.73 Å². The summed E-state index contributed by atoms with van der Waals surface area (Å²) in [5, 5.41) is 0. The molecule has 0 aliphatic heterocycles. The lowest BCUT2D eigenvalue weighted by Gasteiger charge is -2.27. The zero-order valence-corrected chi connectivity index (χ0v) is 12.5. The molecule has 1 saturated carbocycles. The minimum absolute atomic E-state index is 0.210. The van der Waals surface area contributed by atoms with Crippen LogP contribution in [-0.2, 0) is 0 Å². The van der Waals surface area contributed by atoms with Crippen LogP contribution in [0.15, 0.2) is 13.6 Å². The number of rotatable bonds is 2. The summed E-state index contributed by atoms with van der Waals surface area (Å²) in [4.78, 5) is 0. The Morgan fingerprint density at radius 2 is 1.93 bits per heavy atom. The predicted molar refractivity (Wildman–Crippen MR) is 73.2 cm³/mol. The summed E-state index contributed by atoms with van der Waals surface area (Å²) < 4.78 is 2.35. The maximum Gasteiger partial charge on any atom is 0.0758 e. The second kappa shape index (κ2) is 5.30. The Morgan fingerprint density at radius 3 is 2.47 bits per heavy atom. The molecular weight excluding hydrogens is 338 g/mol. The van der Waals surface area contributed by atoms with Gasteiger partial charge < -0.3 is 5.73 Å². The number of thiophene rings is 1. The van der Waals surface area contributed by atoms with Crippen LogP contribution in [0.1, 0.15) is 43.7 Å². The molecule has 0 saturated heterocycles. The molecule has 0 amide bonds. The van der Waals surface area contributed by atoms with Crippen LogP contribution in [0.5, 0.6) is 0 Å². The molecule has 2 N–H and O–H groups in total. The van der Waals surface area contributed by atoms with Crippen LogP contribution >= 0.6 is 43.2 Å². The first-order valence-electron chi connectivity index (χ1n) is 5.39. The molecule has 1 heterocycles. The van der Waals surface area contributed by atoms with Crippen molar-refractivity contribution in [1.82, 2.24) is 0 Å². The molecule has 1 aliphatic carbocycles. The highest BCUT2D eigenvalue weighted by Gasteiger charge is 2.24. The fourth-order valence-corrected chi connectivity index (χ4v) is 5.28. The number of nitrogens with two attached hydrogens (primary N) is 1. The van der Waals surface area contributed by atoms with Crippen LogP contribution in [0.4, 0.5) is 0 Å². The normalized spacial score (nSPS) is 20.5. The zero-order valence-electron chi connectivity index (χ0n) is 8.51. The van der Waals surface area contributed by atoms with E-state index in [1.54, 1.807) is 11.3 Å². The van der Waals surface area contributed by atoms with Gasteiger partial charge in [-0.1, -0.05) is 19.3 Å². The monoisotopic (exact) mass is 351 g/mol. The summed E-state index contributed by atoms with van der Waals surface area (Å²) in [6.07, 6.45) is 6.67. The fraction of sp³-hybridized carbons (Fsp3) is 0.636. The smallest absolute Gasteiger partial charge is 0.0758 e. The second-order valence-electron chi connectivity index (χ2n) is 4.20. The van der Waals surface area contributed by atoms with E-state index >= 15 is 0 Å². The highest BCUT2D eigenvalue weighted by Crippen LogP contribution is 2.40. The van der Waals surface area contributed by atoms with Gasteiger partial charge in [-0.3, -0.25) is 0 Å². The van der Waals surface area contributed by atoms with Gasteiger partial charge in [0.05, 0.1) is 7.57 Å². The third-order valence-corrected chi connectivity index (χ3v) is 5.59. The molecule has 1 atom stereocenters. The van der Waals surface area contributed by atoms with Crippen molar-refractivity contribution in [2.45, 2.75) is 38.1 Å². The lowest BCUT2D eigenvalue weighted by molar-refractivity contribution is 0.308. The summed E-state index contributed by atoms with van der Waals surface area (Å²) in [5.74, 6) is 0.677. The molecule has 1 aromatic heterocycles. The largest absolute Gasteiger partial charge is 0.324 e. The van der Waals surface area contributed by atoms with Crippen molar-refractivity contribution in [2.75, 3.05) is 0 Å². The molecule has 0 spiro atoms. The Labute approximate surface area is 112 Å². The van der Waals surface area contributed by atoms with Gasteiger partial charge in [0.2, 0.25) is 0 Å². The van der Waals surface area contributed by atoms with Gasteiger partial charge in [0.25, 0.3) is 0 Å². The molecule has 0 radical (unpaired) electrons. The van der Waals surface area contributed by atoms with E-state index in [0.717, 1.165) is 3.79 Å². The number of hydrogen-bond acceptors (Lipinski definition) is 2. The Hall–Kier alpha value is 0.620. The molecule has 1 fully saturated rings. The summed E-state index contributed by atoms with van der Waals surface area (Å²) in [5.41, 5.74) is 7.62. The number of halogens is 2. The van der Waals surface area contributed by atoms with E-state index in [1.807, 2.05) is 0 Å². The Kier molecular flexibility index (Phi) is 4.27. The van der Waals surface area contributed by atoms with Crippen molar-refractivity contribution in [3.05, 3.63) is 19.2 Å². The second-order valence-corrected chi connectivity index (χ2v) is 7.95. The summed E-state index contributed by atoms with van der Waals surface area (Å²) in [6.45, 7) is 0. The maximum atomic E-state index is 6.34. The van der Waals surface area contributed by atoms with E-state index in [0.29, 0.717) is 5.92 Å². The highest BCUT2D eigenvalue weighted by atomic mass is 79.9. The van der Waals surface area contributed by atoms with Gasteiger partial charge in [0.1, 0.15) is 0 Å². The lowest BCUT2D eigenvalue weighted by Crippen LogP contribution is -2.23. The van der Waals surface area contributed by atoms with E-state index in [-0.39, 0.29) is 6.04 Å². The molecule has 1 unspecified atom stereocenters. The van der Waals surface area contributed by atoms with Gasteiger partial charge in [-0.15, -0.1) is 11.3 Å². The van der Waals surface area contributed by atoms with Crippen LogP contribution in [-0.4, -0.2) is 0 Å². The molecule has 1 aromatic rings. The van der Waals surface area contributed by atoms with Gasteiger partial charge in [-0.25, -0.2) is 0 Å². The number of hydrogen-bond donors (Lipinski definition) is 1. The molecular formula is C11H15Br2NS. The molecule has 84 valence electrons. The highest BCUT2D eigenvalue weighted by molar-refractivity contribution is 9.12. The van der Waals surface area contributed by atoms with Gasteiger partial charge in [0, 0.05) is 6.04 Å². The van der Waals surface area contributed by atoms with Crippen molar-refractivity contribution < 1.29 is 0 Å². The van der Waals surface area contributed by atoms with Crippen LogP contribution in [0.25, 0.3) is 0 Å². The Bertz CT molecular complexity index is 331. The van der Waals surface area contributed by atoms with Crippen LogP contribution in [0.3, 0.4) is 0 Å². The Morgan fingerprint density at radius 1 is 1.27 bits per heavy atom. The topological polar surface area (TPSA) is 26.0 Å². The quantitative estimate of drug-likeness (QED) is 0.808. The summed E-state index contributed by atoms with van der Waals surface area (Å²) >= 11 is 8.82. The summed E-state index contributed by atoms with van der Waals surface area (Å²) in [7, 11) is 0. The van der Waals surface area contributed by atoms with E-state index in [1.165, 1.54) is 41.5 Å². The van der Waals surface area contributed by atoms with Crippen LogP contribution < -0.4 is 5.73 Å². The molecule has 1 nitrogen and oxygen atoms in total. The van der Waals surface area contributed by atoms with Gasteiger partial charge >= 0.3 is 0 Å². The molecule has 2 rings (SSSR count). The van der Waals surface area contributed by atoms with E-state index < -0.39 is 0 Å². The van der Waals surface area contributed by atoms with Gasteiger partial charge in [0.15, 0.2) is 0 Å². The SMILES string of the molecule is NC(c1cc(Br)sc1Br)C1CCCCC1. The first kappa shape index (κ1) is 12.1. The molecule has 1 aliphatic rings. The van der Waals surface area contributed by atoms with Crippen LogP contribution in [0.2, 0.25) is 0 Å². The zero-order chi connectivity index (χ0) is 10.8. The van der Waals surface area contributed by atoms with Crippen molar-refractivity contribution >= 4 is 43.2 Å². The van der Waals surface area contributed by atoms with Crippen molar-refractivity contribution in [3.8, 4) is 0 Å². The molecule has 0 bridgehead atoms. The van der Waals surface area contributed by atoms with Crippen LogP contribution in [0, 0.1) is 5.92 Å². The third-order valence-electron chi connectivity index (χ3n) is 3.20. The summed E-state index contributed by atoms with van der Waals surface area (Å²) in [6, 6.07) is 2.37. The average Bonchev–Trinajstić information content (AvgIpc) is 2.58. The van der Waals surface area contributed by atoms with Crippen molar-refractivity contribution in [3.63, 3.8) is 0 Å². The first-order valence-corrected chi connectivity index (χ1v) is 7.79. The lowest BCUT2D eigenvalue weighted by atomic mass is 9.82. The first-order chi connectivity index (χ1) is 7.18. The third kappa shape index (κ3) is 2.84. The predicted octanol–water partition coefficient (Wildman–Crippen LogP) is 4.85. The van der Waals surface area contributed by atoms with Crippen molar-refractivity contribution in [2.24, 2.45) is 11.7 Å². The minimum Gasteiger partial charge on any atom is -0.324 e. The molecule has 15 heavy (non-hydrogen) atoms. The fourth-order valence-electron chi connectivity index (χ4n) is 2.33. The minimum atomic E-state index is 0.210. The average molecular weight is 353 g/mol. The molecule has 0 aromatic carbocycles. The molecule has 4 heteroatoms. The maximum absolute atomic E-state index is 6.34. The van der Waals surface area contributed by atoms with E-state index in [2.05, 4.69) is 37.9 Å². The van der Waals surface area contributed by atoms with Crippen molar-refractivity contribution in [1.29, 1.82) is 0 Å². The van der Waals surface area contributed by atoms with Gasteiger partial charge in [-0.2, -0.15) is 0 Å². The van der Waals surface area contributed by atoms with E-state index in [9.17, 15) is 0 Å².